The number of rotatable bonds is 9. The molecule has 0 unspecified atom stereocenters. The third-order valence-corrected chi connectivity index (χ3v) is 6.69. The lowest BCUT2D eigenvalue weighted by atomic mass is 10.0. The van der Waals surface area contributed by atoms with Gasteiger partial charge in [0, 0.05) is 41.3 Å². The van der Waals surface area contributed by atoms with Crippen LogP contribution in [0.15, 0.2) is 128 Å². The maximum absolute atomic E-state index is 12.8. The van der Waals surface area contributed by atoms with Crippen LogP contribution in [0.4, 0.5) is 17.3 Å². The molecule has 3 aromatic carbocycles. The fourth-order valence-electron chi connectivity index (χ4n) is 4.67. The van der Waals surface area contributed by atoms with Crippen LogP contribution in [0, 0.1) is 0 Å². The maximum atomic E-state index is 12.8. The zero-order valence-electron chi connectivity index (χ0n) is 22.6. The molecule has 6 aromatic rings. The highest BCUT2D eigenvalue weighted by atomic mass is 16.1. The van der Waals surface area contributed by atoms with Crippen molar-refractivity contribution in [2.75, 3.05) is 10.6 Å². The van der Waals surface area contributed by atoms with Gasteiger partial charge >= 0.3 is 0 Å². The number of fused-ring (bicyclic) bond motifs is 1. The molecule has 6 rings (SSSR count). The summed E-state index contributed by atoms with van der Waals surface area (Å²) in [6, 6.07) is 32.1. The first-order valence-corrected chi connectivity index (χ1v) is 13.4. The summed E-state index contributed by atoms with van der Waals surface area (Å²) in [4.78, 5) is 33.7. The van der Waals surface area contributed by atoms with Crippen molar-refractivity contribution in [2.24, 2.45) is 0 Å². The number of hydrogen-bond donors (Lipinski definition) is 2. The van der Waals surface area contributed by atoms with E-state index in [0.29, 0.717) is 17.2 Å². The molecule has 3 heterocycles. The highest BCUT2D eigenvalue weighted by Crippen LogP contribution is 2.34. The van der Waals surface area contributed by atoms with E-state index in [9.17, 15) is 9.59 Å². The maximum Gasteiger partial charge on any atom is 0.255 e. The Balaban J connectivity index is 1.20. The molecule has 0 atom stereocenters. The molecule has 0 spiro atoms. The van der Waals surface area contributed by atoms with Gasteiger partial charge < -0.3 is 10.6 Å². The molecule has 3 aromatic heterocycles. The number of hydrogen-bond acceptors (Lipinski definition) is 6. The van der Waals surface area contributed by atoms with Gasteiger partial charge in [-0.15, -0.1) is 0 Å². The number of carbonyl (C=O) groups excluding carboxylic acids is 2. The Morgan fingerprint density at radius 2 is 1.64 bits per heavy atom. The predicted molar refractivity (Wildman–Crippen MR) is 165 cm³/mol. The van der Waals surface area contributed by atoms with Gasteiger partial charge in [0.15, 0.2) is 5.78 Å². The summed E-state index contributed by atoms with van der Waals surface area (Å²) in [6.45, 7) is 3.50. The first-order chi connectivity index (χ1) is 20.6. The van der Waals surface area contributed by atoms with Crippen LogP contribution in [0.1, 0.15) is 15.9 Å². The summed E-state index contributed by atoms with van der Waals surface area (Å²) >= 11 is 0. The SMILES string of the molecule is C=CC(=O)Cc1cccc(C(=O)Nc2ccc(Nc3nccc(-c4c(-c5ccccc5)nn5ccccc45)n3)cc2)c1. The van der Waals surface area contributed by atoms with E-state index in [4.69, 9.17) is 10.1 Å². The molecule has 1 amide bonds. The highest BCUT2D eigenvalue weighted by molar-refractivity contribution is 6.04. The van der Waals surface area contributed by atoms with Crippen molar-refractivity contribution in [3.05, 3.63) is 139 Å². The second kappa shape index (κ2) is 11.7. The molecule has 8 nitrogen and oxygen atoms in total. The zero-order valence-corrected chi connectivity index (χ0v) is 22.6. The lowest BCUT2D eigenvalue weighted by Gasteiger charge is -2.10. The molecule has 0 aliphatic rings. The molecule has 0 aliphatic heterocycles. The molecule has 8 heteroatoms. The molecule has 0 bridgehead atoms. The number of nitrogens with one attached hydrogen (secondary N) is 2. The first-order valence-electron chi connectivity index (χ1n) is 13.4. The number of aromatic nitrogens is 4. The van der Waals surface area contributed by atoms with Gasteiger partial charge in [-0.1, -0.05) is 55.1 Å². The molecule has 0 saturated carbocycles. The Labute approximate surface area is 242 Å². The van der Waals surface area contributed by atoms with Gasteiger partial charge in [-0.2, -0.15) is 5.10 Å². The van der Waals surface area contributed by atoms with Crippen molar-refractivity contribution >= 4 is 34.5 Å². The smallest absolute Gasteiger partial charge is 0.255 e. The summed E-state index contributed by atoms with van der Waals surface area (Å²) in [5.74, 6) is 0.0761. The highest BCUT2D eigenvalue weighted by Gasteiger charge is 2.18. The lowest BCUT2D eigenvalue weighted by molar-refractivity contribution is -0.114. The Bertz CT molecular complexity index is 1910. The fraction of sp³-hybridized carbons (Fsp3) is 0.0294. The minimum atomic E-state index is -0.262. The average molecular weight is 551 g/mol. The molecule has 0 saturated heterocycles. The summed E-state index contributed by atoms with van der Waals surface area (Å²) in [7, 11) is 0. The summed E-state index contributed by atoms with van der Waals surface area (Å²) in [5.41, 5.74) is 7.07. The van der Waals surface area contributed by atoms with Crippen LogP contribution in [-0.4, -0.2) is 31.3 Å². The van der Waals surface area contributed by atoms with Crippen molar-refractivity contribution in [1.29, 1.82) is 0 Å². The van der Waals surface area contributed by atoms with Crippen molar-refractivity contribution in [1.82, 2.24) is 19.6 Å². The van der Waals surface area contributed by atoms with Crippen LogP contribution >= 0.6 is 0 Å². The number of allylic oxidation sites excluding steroid dienone is 1. The summed E-state index contributed by atoms with van der Waals surface area (Å²) in [6.07, 6.45) is 5.13. The number of anilines is 3. The van der Waals surface area contributed by atoms with E-state index in [1.165, 1.54) is 6.08 Å². The van der Waals surface area contributed by atoms with E-state index in [1.807, 2.05) is 83.5 Å². The number of pyridine rings is 1. The molecular formula is C34H26N6O2. The second-order valence-corrected chi connectivity index (χ2v) is 9.59. The van der Waals surface area contributed by atoms with Crippen molar-refractivity contribution in [3.63, 3.8) is 0 Å². The molecular weight excluding hydrogens is 524 g/mol. The van der Waals surface area contributed by atoms with Crippen LogP contribution in [0.25, 0.3) is 28.0 Å². The number of amides is 1. The molecule has 0 radical (unpaired) electrons. The van der Waals surface area contributed by atoms with E-state index in [1.54, 1.807) is 36.5 Å². The first kappa shape index (κ1) is 26.3. The number of ketones is 1. The lowest BCUT2D eigenvalue weighted by Crippen LogP contribution is -2.12. The molecule has 204 valence electrons. The molecule has 0 aliphatic carbocycles. The number of benzene rings is 3. The van der Waals surface area contributed by atoms with Crippen molar-refractivity contribution in [3.8, 4) is 22.5 Å². The van der Waals surface area contributed by atoms with Gasteiger partial charge in [-0.05, 0) is 66.2 Å². The van der Waals surface area contributed by atoms with E-state index in [0.717, 1.165) is 39.3 Å². The Hall–Kier alpha value is -5.89. The molecule has 42 heavy (non-hydrogen) atoms. The second-order valence-electron chi connectivity index (χ2n) is 9.59. The van der Waals surface area contributed by atoms with Crippen LogP contribution in [0.5, 0.6) is 0 Å². The summed E-state index contributed by atoms with van der Waals surface area (Å²) < 4.78 is 1.86. The zero-order chi connectivity index (χ0) is 28.9. The van der Waals surface area contributed by atoms with Crippen LogP contribution in [0.3, 0.4) is 0 Å². The van der Waals surface area contributed by atoms with E-state index in [-0.39, 0.29) is 18.1 Å². The minimum Gasteiger partial charge on any atom is -0.324 e. The predicted octanol–water partition coefficient (Wildman–Crippen LogP) is 6.75. The van der Waals surface area contributed by atoms with Gasteiger partial charge in [0.1, 0.15) is 5.69 Å². The van der Waals surface area contributed by atoms with Crippen LogP contribution in [0.2, 0.25) is 0 Å². The van der Waals surface area contributed by atoms with Gasteiger partial charge in [0.05, 0.1) is 16.8 Å². The van der Waals surface area contributed by atoms with Crippen LogP contribution < -0.4 is 10.6 Å². The molecule has 2 N–H and O–H groups in total. The fourth-order valence-corrected chi connectivity index (χ4v) is 4.67. The average Bonchev–Trinajstić information content (AvgIpc) is 3.42. The van der Waals surface area contributed by atoms with Crippen LogP contribution in [-0.2, 0) is 11.2 Å². The topological polar surface area (TPSA) is 101 Å². The standard InChI is InChI=1S/C34H26N6O2/c1-2-28(41)22-23-9-8-12-25(21-23)33(42)36-26-14-16-27(17-15-26)37-34-35-19-18-29(38-34)31-30-13-6-7-20-40(30)39-32(31)24-10-4-3-5-11-24/h2-21H,1,22H2,(H,36,42)(H,35,37,38). The van der Waals surface area contributed by atoms with Crippen molar-refractivity contribution in [2.45, 2.75) is 6.42 Å². The quantitative estimate of drug-likeness (QED) is 0.193. The Morgan fingerprint density at radius 1 is 0.857 bits per heavy atom. The largest absolute Gasteiger partial charge is 0.324 e. The monoisotopic (exact) mass is 550 g/mol. The Kier molecular flexibility index (Phi) is 7.33. The summed E-state index contributed by atoms with van der Waals surface area (Å²) in [5, 5.41) is 11.0. The van der Waals surface area contributed by atoms with Gasteiger partial charge in [0.2, 0.25) is 5.95 Å². The van der Waals surface area contributed by atoms with Gasteiger partial charge in [-0.25, -0.2) is 14.5 Å². The van der Waals surface area contributed by atoms with Gasteiger partial charge in [0.25, 0.3) is 5.91 Å². The minimum absolute atomic E-state index is 0.0968. The normalized spacial score (nSPS) is 10.8. The van der Waals surface area contributed by atoms with E-state index in [2.05, 4.69) is 22.2 Å². The van der Waals surface area contributed by atoms with Crippen molar-refractivity contribution < 1.29 is 9.59 Å². The third-order valence-electron chi connectivity index (χ3n) is 6.69. The number of carbonyl (C=O) groups is 2. The van der Waals surface area contributed by atoms with E-state index < -0.39 is 0 Å². The van der Waals surface area contributed by atoms with Gasteiger partial charge in [-0.3, -0.25) is 9.59 Å². The number of nitrogens with zero attached hydrogens (tertiary/aromatic N) is 4. The Morgan fingerprint density at radius 3 is 2.45 bits per heavy atom. The van der Waals surface area contributed by atoms with E-state index >= 15 is 0 Å². The third kappa shape index (κ3) is 5.68. The molecule has 0 fully saturated rings.